The van der Waals surface area contributed by atoms with Crippen LogP contribution in [0.2, 0.25) is 0 Å². The molecule has 0 spiro atoms. The van der Waals surface area contributed by atoms with Crippen molar-refractivity contribution in [2.45, 2.75) is 39.2 Å². The van der Waals surface area contributed by atoms with Gasteiger partial charge in [0.05, 0.1) is 6.61 Å². The van der Waals surface area contributed by atoms with Gasteiger partial charge in [-0.25, -0.2) is 4.79 Å². The minimum absolute atomic E-state index is 0.228. The van der Waals surface area contributed by atoms with Crippen LogP contribution >= 0.6 is 0 Å². The van der Waals surface area contributed by atoms with Crippen molar-refractivity contribution in [1.82, 2.24) is 5.32 Å². The summed E-state index contributed by atoms with van der Waals surface area (Å²) in [5, 5.41) is 3.23. The molecule has 0 atom stereocenters. The highest BCUT2D eigenvalue weighted by Crippen LogP contribution is 2.43. The van der Waals surface area contributed by atoms with E-state index < -0.39 is 0 Å². The third kappa shape index (κ3) is 4.21. The van der Waals surface area contributed by atoms with Crippen LogP contribution in [0, 0.1) is 6.92 Å². The largest absolute Gasteiger partial charge is 0.488 e. The Labute approximate surface area is 194 Å². The molecule has 1 saturated heterocycles. The van der Waals surface area contributed by atoms with Gasteiger partial charge >= 0.3 is 5.97 Å². The van der Waals surface area contributed by atoms with Crippen molar-refractivity contribution in [3.63, 3.8) is 0 Å². The van der Waals surface area contributed by atoms with E-state index in [1.54, 1.807) is 6.26 Å². The Kier molecular flexibility index (Phi) is 6.05. The Morgan fingerprint density at radius 3 is 2.58 bits per heavy atom. The number of rotatable bonds is 6. The predicted octanol–water partition coefficient (Wildman–Crippen LogP) is 5.41. The van der Waals surface area contributed by atoms with E-state index in [-0.39, 0.29) is 12.1 Å². The third-order valence-corrected chi connectivity index (χ3v) is 6.40. The number of benzene rings is 2. The topological polar surface area (TPSA) is 60.7 Å². The molecule has 5 rings (SSSR count). The second kappa shape index (κ2) is 9.28. The van der Waals surface area contributed by atoms with Crippen LogP contribution in [0.4, 0.5) is 0 Å². The van der Waals surface area contributed by atoms with Crippen molar-refractivity contribution in [2.75, 3.05) is 19.7 Å². The van der Waals surface area contributed by atoms with E-state index in [4.69, 9.17) is 13.9 Å². The van der Waals surface area contributed by atoms with Gasteiger partial charge in [0.1, 0.15) is 29.4 Å². The first-order valence-electron chi connectivity index (χ1n) is 11.7. The molecule has 0 bridgehead atoms. The monoisotopic (exact) mass is 443 g/mol. The van der Waals surface area contributed by atoms with E-state index in [1.165, 1.54) is 16.7 Å². The summed E-state index contributed by atoms with van der Waals surface area (Å²) in [7, 11) is 0. The van der Waals surface area contributed by atoms with Gasteiger partial charge in [-0.3, -0.25) is 0 Å². The zero-order valence-corrected chi connectivity index (χ0v) is 19.1. The molecule has 2 aliphatic rings. The number of aryl methyl sites for hydroxylation is 2. The van der Waals surface area contributed by atoms with E-state index in [1.807, 2.05) is 19.1 Å². The Morgan fingerprint density at radius 1 is 1.09 bits per heavy atom. The van der Waals surface area contributed by atoms with Crippen LogP contribution < -0.4 is 10.1 Å². The number of carbonyl (C=O) groups excluding carboxylic acids is 1. The molecule has 170 valence electrons. The van der Waals surface area contributed by atoms with Crippen LogP contribution in [0.3, 0.4) is 0 Å². The van der Waals surface area contributed by atoms with Crippen LogP contribution in [0.1, 0.15) is 58.1 Å². The number of fused-ring (bicyclic) bond motifs is 1. The van der Waals surface area contributed by atoms with Gasteiger partial charge in [0, 0.05) is 25.1 Å². The van der Waals surface area contributed by atoms with E-state index in [2.05, 4.69) is 48.6 Å². The number of furan rings is 1. The smallest absolute Gasteiger partial charge is 0.342 e. The molecule has 1 N–H and O–H groups in total. The van der Waals surface area contributed by atoms with Crippen molar-refractivity contribution < 1.29 is 18.7 Å². The van der Waals surface area contributed by atoms with Crippen molar-refractivity contribution in [2.24, 2.45) is 0 Å². The SMILES string of the molecule is CCOC(=O)c1coc2c1C(c1ccc(OC3CNC3)cc1)=C(c1ccccc1C)CCC2. The Hall–Kier alpha value is -3.31. The molecule has 1 aliphatic heterocycles. The molecule has 3 aromatic rings. The zero-order chi connectivity index (χ0) is 22.8. The lowest BCUT2D eigenvalue weighted by atomic mass is 9.86. The summed E-state index contributed by atoms with van der Waals surface area (Å²) >= 11 is 0. The molecule has 0 radical (unpaired) electrons. The predicted molar refractivity (Wildman–Crippen MR) is 128 cm³/mol. The highest BCUT2D eigenvalue weighted by Gasteiger charge is 2.29. The summed E-state index contributed by atoms with van der Waals surface area (Å²) < 4.78 is 17.3. The molecule has 33 heavy (non-hydrogen) atoms. The van der Waals surface area contributed by atoms with Crippen molar-refractivity contribution in [1.29, 1.82) is 0 Å². The lowest BCUT2D eigenvalue weighted by Crippen LogP contribution is -2.50. The van der Waals surface area contributed by atoms with Gasteiger partial charge in [-0.2, -0.15) is 0 Å². The first kappa shape index (κ1) is 21.5. The van der Waals surface area contributed by atoms with Crippen LogP contribution in [0.25, 0.3) is 11.1 Å². The van der Waals surface area contributed by atoms with E-state index in [0.717, 1.165) is 60.6 Å². The van der Waals surface area contributed by atoms with Crippen LogP contribution in [0.5, 0.6) is 5.75 Å². The molecule has 1 aromatic heterocycles. The fourth-order valence-corrected chi connectivity index (χ4v) is 4.65. The Balaban J connectivity index is 1.68. The van der Waals surface area contributed by atoms with E-state index >= 15 is 0 Å². The Morgan fingerprint density at radius 2 is 1.88 bits per heavy atom. The second-order valence-corrected chi connectivity index (χ2v) is 8.61. The zero-order valence-electron chi connectivity index (χ0n) is 19.1. The average molecular weight is 444 g/mol. The molecule has 5 heteroatoms. The summed E-state index contributed by atoms with van der Waals surface area (Å²) in [6.07, 6.45) is 4.42. The van der Waals surface area contributed by atoms with Crippen LogP contribution in [-0.4, -0.2) is 31.8 Å². The van der Waals surface area contributed by atoms with Gasteiger partial charge in [-0.05, 0) is 66.7 Å². The number of hydrogen-bond acceptors (Lipinski definition) is 5. The lowest BCUT2D eigenvalue weighted by Gasteiger charge is -2.28. The van der Waals surface area contributed by atoms with Gasteiger partial charge in [-0.15, -0.1) is 0 Å². The van der Waals surface area contributed by atoms with Crippen molar-refractivity contribution in [3.05, 3.63) is 88.4 Å². The quantitative estimate of drug-likeness (QED) is 0.516. The van der Waals surface area contributed by atoms with Crippen molar-refractivity contribution in [3.8, 4) is 5.75 Å². The number of ether oxygens (including phenoxy) is 2. The number of nitrogens with one attached hydrogen (secondary N) is 1. The summed E-state index contributed by atoms with van der Waals surface area (Å²) in [6.45, 7) is 6.04. The van der Waals surface area contributed by atoms with Crippen LogP contribution in [-0.2, 0) is 11.2 Å². The molecule has 0 amide bonds. The maximum atomic E-state index is 12.9. The number of hydrogen-bond donors (Lipinski definition) is 1. The molecule has 2 aromatic carbocycles. The van der Waals surface area contributed by atoms with Gasteiger partial charge in [0.2, 0.25) is 0 Å². The molecule has 2 heterocycles. The Bertz CT molecular complexity index is 1180. The standard InChI is InChI=1S/C28H29NO4/c1-3-31-28(30)24-17-32-25-10-6-9-23(22-8-5-4-7-18(22)2)26(27(24)25)19-11-13-20(14-12-19)33-21-15-29-16-21/h4-5,7-8,11-14,17,21,29H,3,6,9-10,15-16H2,1-2H3. The highest BCUT2D eigenvalue weighted by atomic mass is 16.5. The van der Waals surface area contributed by atoms with Gasteiger partial charge in [-0.1, -0.05) is 36.4 Å². The first-order valence-corrected chi connectivity index (χ1v) is 11.7. The van der Waals surface area contributed by atoms with Crippen LogP contribution in [0.15, 0.2) is 59.2 Å². The molecular weight excluding hydrogens is 414 g/mol. The maximum Gasteiger partial charge on any atom is 0.342 e. The molecule has 1 aliphatic carbocycles. The number of esters is 1. The van der Waals surface area contributed by atoms with Crippen molar-refractivity contribution >= 4 is 17.1 Å². The highest BCUT2D eigenvalue weighted by molar-refractivity contribution is 6.06. The minimum Gasteiger partial charge on any atom is -0.488 e. The molecule has 5 nitrogen and oxygen atoms in total. The summed E-state index contributed by atoms with van der Waals surface area (Å²) in [4.78, 5) is 12.9. The normalized spacial score (nSPS) is 16.1. The minimum atomic E-state index is -0.344. The molecule has 0 unspecified atom stereocenters. The second-order valence-electron chi connectivity index (χ2n) is 8.61. The summed E-state index contributed by atoms with van der Waals surface area (Å²) in [5.41, 5.74) is 7.10. The van der Waals surface area contributed by atoms with E-state index in [0.29, 0.717) is 12.2 Å². The molecule has 1 fully saturated rings. The van der Waals surface area contributed by atoms with E-state index in [9.17, 15) is 4.79 Å². The van der Waals surface area contributed by atoms with Gasteiger partial charge in [0.25, 0.3) is 0 Å². The summed E-state index contributed by atoms with van der Waals surface area (Å²) in [6, 6.07) is 16.7. The molecular formula is C28H29NO4. The van der Waals surface area contributed by atoms with Gasteiger partial charge < -0.3 is 19.2 Å². The average Bonchev–Trinajstić information content (AvgIpc) is 3.11. The summed E-state index contributed by atoms with van der Waals surface area (Å²) in [5.74, 6) is 1.36. The number of carbonyl (C=O) groups is 1. The third-order valence-electron chi connectivity index (χ3n) is 6.40. The fourth-order valence-electron chi connectivity index (χ4n) is 4.65. The fraction of sp³-hybridized carbons (Fsp3) is 0.321. The maximum absolute atomic E-state index is 12.9. The van der Waals surface area contributed by atoms with Gasteiger partial charge in [0.15, 0.2) is 0 Å². The molecule has 0 saturated carbocycles. The first-order chi connectivity index (χ1) is 16.2. The number of allylic oxidation sites excluding steroid dienone is 1. The lowest BCUT2D eigenvalue weighted by molar-refractivity contribution is 0.0525.